The molecular formula is C20H22N2O3. The van der Waals surface area contributed by atoms with Crippen molar-refractivity contribution in [3.05, 3.63) is 54.6 Å². The number of amides is 2. The first-order chi connectivity index (χ1) is 12.1. The number of carbonyl (C=O) groups is 2. The van der Waals surface area contributed by atoms with Crippen LogP contribution in [0.1, 0.15) is 13.3 Å². The predicted molar refractivity (Wildman–Crippen MR) is 97.1 cm³/mol. The van der Waals surface area contributed by atoms with Gasteiger partial charge in [0.2, 0.25) is 11.8 Å². The van der Waals surface area contributed by atoms with Gasteiger partial charge in [0.15, 0.2) is 0 Å². The molecule has 2 aromatic rings. The molecule has 1 saturated heterocycles. The smallest absolute Gasteiger partial charge is 0.246 e. The lowest BCUT2D eigenvalue weighted by atomic mass is 10.0. The zero-order valence-electron chi connectivity index (χ0n) is 14.3. The molecule has 2 amide bonds. The van der Waals surface area contributed by atoms with Crippen LogP contribution in [0.25, 0.3) is 11.1 Å². The predicted octanol–water partition coefficient (Wildman–Crippen LogP) is 2.30. The Kier molecular flexibility index (Phi) is 5.14. The Bertz CT molecular complexity index is 761. The highest BCUT2D eigenvalue weighted by atomic mass is 16.3. The highest BCUT2D eigenvalue weighted by Crippen LogP contribution is 2.32. The Morgan fingerprint density at radius 3 is 2.52 bits per heavy atom. The highest BCUT2D eigenvalue weighted by molar-refractivity contribution is 6.01. The van der Waals surface area contributed by atoms with E-state index in [1.54, 1.807) is 9.80 Å². The van der Waals surface area contributed by atoms with Crippen LogP contribution in [-0.2, 0) is 9.59 Å². The van der Waals surface area contributed by atoms with Crippen LogP contribution in [0.5, 0.6) is 0 Å². The summed E-state index contributed by atoms with van der Waals surface area (Å²) in [6.45, 7) is 2.22. The van der Waals surface area contributed by atoms with Crippen LogP contribution < -0.4 is 4.90 Å². The average Bonchev–Trinajstić information content (AvgIpc) is 2.64. The fourth-order valence-corrected chi connectivity index (χ4v) is 3.23. The van der Waals surface area contributed by atoms with Crippen molar-refractivity contribution in [3.63, 3.8) is 0 Å². The first-order valence-electron chi connectivity index (χ1n) is 8.47. The van der Waals surface area contributed by atoms with Gasteiger partial charge in [0.1, 0.15) is 6.54 Å². The summed E-state index contributed by atoms with van der Waals surface area (Å²) in [7, 11) is 0. The van der Waals surface area contributed by atoms with Crippen LogP contribution in [0.3, 0.4) is 0 Å². The van der Waals surface area contributed by atoms with Gasteiger partial charge >= 0.3 is 0 Å². The number of para-hydroxylation sites is 1. The average molecular weight is 338 g/mol. The second-order valence-corrected chi connectivity index (χ2v) is 6.23. The second-order valence-electron chi connectivity index (χ2n) is 6.23. The highest BCUT2D eigenvalue weighted by Gasteiger charge is 2.33. The number of anilines is 1. The standard InChI is InChI=1S/C20H22N2O3/c1-15-13-22(20(25)14-21(15)19(24)11-12-23)18-10-6-5-9-17(18)16-7-3-2-4-8-16/h2-10,15,23H,11-14H2,1H3/t15-/m1/s1. The molecule has 0 bridgehead atoms. The molecule has 0 aliphatic carbocycles. The number of piperazine rings is 1. The molecule has 0 spiro atoms. The first-order valence-corrected chi connectivity index (χ1v) is 8.47. The Morgan fingerprint density at radius 2 is 1.80 bits per heavy atom. The van der Waals surface area contributed by atoms with Gasteiger partial charge in [-0.25, -0.2) is 0 Å². The number of benzene rings is 2. The zero-order valence-corrected chi connectivity index (χ0v) is 14.3. The largest absolute Gasteiger partial charge is 0.396 e. The Labute approximate surface area is 147 Å². The van der Waals surface area contributed by atoms with E-state index in [1.165, 1.54) is 0 Å². The minimum Gasteiger partial charge on any atom is -0.396 e. The van der Waals surface area contributed by atoms with E-state index in [9.17, 15) is 9.59 Å². The van der Waals surface area contributed by atoms with E-state index in [0.29, 0.717) is 6.54 Å². The van der Waals surface area contributed by atoms with Gasteiger partial charge < -0.3 is 14.9 Å². The summed E-state index contributed by atoms with van der Waals surface area (Å²) in [4.78, 5) is 28.1. The topological polar surface area (TPSA) is 60.9 Å². The van der Waals surface area contributed by atoms with Crippen molar-refractivity contribution in [1.82, 2.24) is 4.90 Å². The van der Waals surface area contributed by atoms with Crippen molar-refractivity contribution >= 4 is 17.5 Å². The summed E-state index contributed by atoms with van der Waals surface area (Å²) in [5, 5.41) is 8.97. The molecule has 25 heavy (non-hydrogen) atoms. The molecule has 5 nitrogen and oxygen atoms in total. The van der Waals surface area contributed by atoms with Gasteiger partial charge in [0, 0.05) is 24.6 Å². The summed E-state index contributed by atoms with van der Waals surface area (Å²) in [5.74, 6) is -0.285. The van der Waals surface area contributed by atoms with Gasteiger partial charge in [0.05, 0.1) is 12.3 Å². The van der Waals surface area contributed by atoms with Gasteiger partial charge in [-0.05, 0) is 18.6 Å². The molecule has 1 N–H and O–H groups in total. The van der Waals surface area contributed by atoms with Crippen LogP contribution in [0.4, 0.5) is 5.69 Å². The number of carbonyl (C=O) groups excluding carboxylic acids is 2. The van der Waals surface area contributed by atoms with E-state index < -0.39 is 0 Å². The van der Waals surface area contributed by atoms with E-state index in [4.69, 9.17) is 5.11 Å². The van der Waals surface area contributed by atoms with Crippen molar-refractivity contribution in [3.8, 4) is 11.1 Å². The van der Waals surface area contributed by atoms with E-state index in [1.807, 2.05) is 61.5 Å². The maximum absolute atomic E-state index is 12.7. The van der Waals surface area contributed by atoms with Crippen molar-refractivity contribution < 1.29 is 14.7 Å². The Hall–Kier alpha value is -2.66. The third kappa shape index (κ3) is 3.56. The fraction of sp³-hybridized carbons (Fsp3) is 0.300. The van der Waals surface area contributed by atoms with Gasteiger partial charge in [-0.1, -0.05) is 48.5 Å². The fourth-order valence-electron chi connectivity index (χ4n) is 3.23. The van der Waals surface area contributed by atoms with Gasteiger partial charge in [-0.3, -0.25) is 9.59 Å². The van der Waals surface area contributed by atoms with E-state index in [0.717, 1.165) is 16.8 Å². The van der Waals surface area contributed by atoms with Crippen LogP contribution in [0.15, 0.2) is 54.6 Å². The summed E-state index contributed by atoms with van der Waals surface area (Å²) in [5.41, 5.74) is 2.91. The molecule has 3 rings (SSSR count). The Balaban J connectivity index is 1.89. The van der Waals surface area contributed by atoms with Gasteiger partial charge in [-0.2, -0.15) is 0 Å². The number of aliphatic hydroxyl groups is 1. The van der Waals surface area contributed by atoms with E-state index in [-0.39, 0.29) is 37.4 Å². The number of rotatable bonds is 4. The normalized spacial score (nSPS) is 17.7. The molecule has 1 atom stereocenters. The molecule has 2 aromatic carbocycles. The number of nitrogens with zero attached hydrogens (tertiary/aromatic N) is 2. The third-order valence-corrected chi connectivity index (χ3v) is 4.51. The molecule has 1 fully saturated rings. The minimum atomic E-state index is -0.198. The van der Waals surface area contributed by atoms with Crippen LogP contribution in [-0.4, -0.2) is 47.6 Å². The van der Waals surface area contributed by atoms with Crippen molar-refractivity contribution in [2.75, 3.05) is 24.6 Å². The lowest BCUT2D eigenvalue weighted by Gasteiger charge is -2.40. The summed E-state index contributed by atoms with van der Waals surface area (Å²) < 4.78 is 0. The number of hydrogen-bond acceptors (Lipinski definition) is 3. The third-order valence-electron chi connectivity index (χ3n) is 4.51. The molecule has 1 aliphatic heterocycles. The van der Waals surface area contributed by atoms with Crippen LogP contribution >= 0.6 is 0 Å². The lowest BCUT2D eigenvalue weighted by molar-refractivity contribution is -0.139. The van der Waals surface area contributed by atoms with Crippen LogP contribution in [0.2, 0.25) is 0 Å². The molecule has 0 unspecified atom stereocenters. The maximum Gasteiger partial charge on any atom is 0.246 e. The zero-order chi connectivity index (χ0) is 17.8. The number of hydrogen-bond donors (Lipinski definition) is 1. The van der Waals surface area contributed by atoms with Crippen molar-refractivity contribution in [2.45, 2.75) is 19.4 Å². The SMILES string of the molecule is C[C@@H]1CN(c2ccccc2-c2ccccc2)C(=O)CN1C(=O)CCO. The maximum atomic E-state index is 12.7. The molecule has 130 valence electrons. The summed E-state index contributed by atoms with van der Waals surface area (Å²) in [6, 6.07) is 17.7. The monoisotopic (exact) mass is 338 g/mol. The van der Waals surface area contributed by atoms with Crippen LogP contribution in [0, 0.1) is 0 Å². The molecule has 0 radical (unpaired) electrons. The molecule has 5 heteroatoms. The first kappa shape index (κ1) is 17.2. The summed E-state index contributed by atoms with van der Waals surface area (Å²) in [6.07, 6.45) is 0.0538. The quantitative estimate of drug-likeness (QED) is 0.930. The van der Waals surface area contributed by atoms with Crippen molar-refractivity contribution in [2.24, 2.45) is 0 Å². The van der Waals surface area contributed by atoms with E-state index in [2.05, 4.69) is 0 Å². The second kappa shape index (κ2) is 7.49. The van der Waals surface area contributed by atoms with Gasteiger partial charge in [-0.15, -0.1) is 0 Å². The molecule has 0 aromatic heterocycles. The molecule has 0 saturated carbocycles. The minimum absolute atomic E-state index is 0.0448. The van der Waals surface area contributed by atoms with E-state index >= 15 is 0 Å². The molecule has 1 aliphatic rings. The lowest BCUT2D eigenvalue weighted by Crippen LogP contribution is -2.57. The summed E-state index contributed by atoms with van der Waals surface area (Å²) >= 11 is 0. The Morgan fingerprint density at radius 1 is 1.12 bits per heavy atom. The van der Waals surface area contributed by atoms with Crippen molar-refractivity contribution in [1.29, 1.82) is 0 Å². The molecule has 1 heterocycles. The van der Waals surface area contributed by atoms with Gasteiger partial charge in [0.25, 0.3) is 0 Å². The molecular weight excluding hydrogens is 316 g/mol. The number of aliphatic hydroxyl groups excluding tert-OH is 1.